The van der Waals surface area contributed by atoms with E-state index in [1.165, 1.54) is 0 Å². The maximum absolute atomic E-state index is 12.2. The second kappa shape index (κ2) is 6.57. The molecule has 3 rings (SSSR count). The van der Waals surface area contributed by atoms with Crippen LogP contribution in [0.1, 0.15) is 35.7 Å². The van der Waals surface area contributed by atoms with Crippen molar-refractivity contribution < 1.29 is 4.79 Å². The van der Waals surface area contributed by atoms with Crippen LogP contribution in [0.5, 0.6) is 0 Å². The Kier molecular flexibility index (Phi) is 4.49. The highest BCUT2D eigenvalue weighted by Gasteiger charge is 2.14. The summed E-state index contributed by atoms with van der Waals surface area (Å²) in [6.07, 6.45) is 0.111. The molecule has 3 aromatic rings. The third-order valence-corrected chi connectivity index (χ3v) is 3.98. The van der Waals surface area contributed by atoms with Gasteiger partial charge in [0.25, 0.3) is 5.78 Å². The quantitative estimate of drug-likeness (QED) is 0.790. The normalized spacial score (nSPS) is 12.3. The van der Waals surface area contributed by atoms with E-state index >= 15 is 0 Å². The molecule has 0 saturated carbocycles. The molecule has 24 heavy (non-hydrogen) atoms. The number of nitrogens with zero attached hydrogens (tertiary/aromatic N) is 4. The lowest BCUT2D eigenvalue weighted by molar-refractivity contribution is -0.121. The third-order valence-electron chi connectivity index (χ3n) is 3.73. The van der Waals surface area contributed by atoms with Crippen LogP contribution in [0.3, 0.4) is 0 Å². The highest BCUT2D eigenvalue weighted by Crippen LogP contribution is 2.16. The van der Waals surface area contributed by atoms with E-state index in [0.717, 1.165) is 17.0 Å². The first-order chi connectivity index (χ1) is 11.4. The molecule has 0 aliphatic carbocycles. The Morgan fingerprint density at radius 1 is 1.25 bits per heavy atom. The van der Waals surface area contributed by atoms with E-state index in [2.05, 4.69) is 20.4 Å². The van der Waals surface area contributed by atoms with Gasteiger partial charge in [-0.3, -0.25) is 4.79 Å². The average Bonchev–Trinajstić information content (AvgIpc) is 2.90. The van der Waals surface area contributed by atoms with Gasteiger partial charge >= 0.3 is 0 Å². The van der Waals surface area contributed by atoms with Gasteiger partial charge in [-0.1, -0.05) is 23.7 Å². The van der Waals surface area contributed by atoms with E-state index in [9.17, 15) is 4.79 Å². The van der Waals surface area contributed by atoms with Crippen molar-refractivity contribution in [2.45, 2.75) is 33.2 Å². The van der Waals surface area contributed by atoms with E-state index < -0.39 is 0 Å². The average molecular weight is 344 g/mol. The smallest absolute Gasteiger partial charge is 0.252 e. The fourth-order valence-corrected chi connectivity index (χ4v) is 2.68. The van der Waals surface area contributed by atoms with Gasteiger partial charge in [-0.15, -0.1) is 5.10 Å². The molecular formula is C17H18ClN5O. The Balaban J connectivity index is 1.70. The Morgan fingerprint density at radius 3 is 2.67 bits per heavy atom. The second-order valence-electron chi connectivity index (χ2n) is 5.80. The summed E-state index contributed by atoms with van der Waals surface area (Å²) in [6.45, 7) is 5.76. The molecule has 6 nitrogen and oxygen atoms in total. The van der Waals surface area contributed by atoms with E-state index in [0.29, 0.717) is 16.6 Å². The van der Waals surface area contributed by atoms with E-state index in [1.807, 2.05) is 39.0 Å². The van der Waals surface area contributed by atoms with Crippen molar-refractivity contribution in [3.05, 3.63) is 58.1 Å². The zero-order chi connectivity index (χ0) is 17.3. The van der Waals surface area contributed by atoms with Gasteiger partial charge in [0.15, 0.2) is 5.82 Å². The van der Waals surface area contributed by atoms with Crippen LogP contribution in [-0.2, 0) is 11.2 Å². The molecule has 0 saturated heterocycles. The van der Waals surface area contributed by atoms with E-state index in [4.69, 9.17) is 11.6 Å². The van der Waals surface area contributed by atoms with Gasteiger partial charge in [0.05, 0.1) is 12.5 Å². The number of carbonyl (C=O) groups excluding carboxylic acids is 1. The number of hydrogen-bond donors (Lipinski definition) is 1. The number of carbonyl (C=O) groups is 1. The van der Waals surface area contributed by atoms with Crippen molar-refractivity contribution in [2.24, 2.45) is 0 Å². The molecule has 1 aromatic carbocycles. The summed E-state index contributed by atoms with van der Waals surface area (Å²) in [6, 6.07) is 9.21. The van der Waals surface area contributed by atoms with Gasteiger partial charge < -0.3 is 5.32 Å². The van der Waals surface area contributed by atoms with Gasteiger partial charge in [-0.25, -0.2) is 9.50 Å². The van der Waals surface area contributed by atoms with E-state index in [-0.39, 0.29) is 18.4 Å². The molecular weight excluding hydrogens is 326 g/mol. The number of halogens is 1. The summed E-state index contributed by atoms with van der Waals surface area (Å²) in [5.74, 6) is 0.834. The molecule has 0 aliphatic heterocycles. The molecule has 0 aliphatic rings. The molecule has 124 valence electrons. The zero-order valence-electron chi connectivity index (χ0n) is 13.7. The minimum absolute atomic E-state index is 0.111. The molecule has 0 fully saturated rings. The molecule has 1 N–H and O–H groups in total. The predicted molar refractivity (Wildman–Crippen MR) is 92.0 cm³/mol. The van der Waals surface area contributed by atoms with Crippen LogP contribution in [-0.4, -0.2) is 25.5 Å². The van der Waals surface area contributed by atoms with Crippen molar-refractivity contribution in [3.63, 3.8) is 0 Å². The number of fused-ring (bicyclic) bond motifs is 1. The van der Waals surface area contributed by atoms with Crippen LogP contribution < -0.4 is 5.32 Å². The summed E-state index contributed by atoms with van der Waals surface area (Å²) in [7, 11) is 0. The van der Waals surface area contributed by atoms with Crippen LogP contribution in [0.25, 0.3) is 5.78 Å². The lowest BCUT2D eigenvalue weighted by Crippen LogP contribution is -2.28. The standard InChI is InChI=1S/C17H18ClN5O/c1-10-8-11(2)23-17(19-10)21-15(22-23)9-16(24)20-12(3)13-4-6-14(18)7-5-13/h4-8,12H,9H2,1-3H3,(H,20,24). The fourth-order valence-electron chi connectivity index (χ4n) is 2.55. The molecule has 2 heterocycles. The number of benzene rings is 1. The molecule has 0 radical (unpaired) electrons. The fraction of sp³-hybridized carbons (Fsp3) is 0.294. The minimum Gasteiger partial charge on any atom is -0.349 e. The third kappa shape index (κ3) is 3.54. The first-order valence-electron chi connectivity index (χ1n) is 7.67. The Morgan fingerprint density at radius 2 is 1.96 bits per heavy atom. The lowest BCUT2D eigenvalue weighted by Gasteiger charge is -2.13. The summed E-state index contributed by atoms with van der Waals surface area (Å²) < 4.78 is 1.65. The number of aromatic nitrogens is 4. The Bertz CT molecular complexity index is 888. The van der Waals surface area contributed by atoms with Crippen molar-refractivity contribution in [1.82, 2.24) is 24.9 Å². The van der Waals surface area contributed by atoms with Crippen molar-refractivity contribution >= 4 is 23.3 Å². The Hall–Kier alpha value is -2.47. The molecule has 1 atom stereocenters. The number of aryl methyl sites for hydroxylation is 2. The Labute approximate surface area is 144 Å². The summed E-state index contributed by atoms with van der Waals surface area (Å²) in [4.78, 5) is 20.9. The second-order valence-corrected chi connectivity index (χ2v) is 6.23. The minimum atomic E-state index is -0.136. The molecule has 1 unspecified atom stereocenters. The summed E-state index contributed by atoms with van der Waals surface area (Å²) >= 11 is 5.88. The topological polar surface area (TPSA) is 72.2 Å². The van der Waals surface area contributed by atoms with Gasteiger partial charge in [-0.2, -0.15) is 4.98 Å². The monoisotopic (exact) mass is 343 g/mol. The SMILES string of the molecule is Cc1cc(C)n2nc(CC(=O)NC(C)c3ccc(Cl)cc3)nc2n1. The number of nitrogens with one attached hydrogen (secondary N) is 1. The number of rotatable bonds is 4. The number of amides is 1. The van der Waals surface area contributed by atoms with E-state index in [1.54, 1.807) is 16.6 Å². The van der Waals surface area contributed by atoms with Gasteiger partial charge in [0.2, 0.25) is 5.91 Å². The summed E-state index contributed by atoms with van der Waals surface area (Å²) in [5.41, 5.74) is 2.80. The van der Waals surface area contributed by atoms with Crippen LogP contribution in [0.4, 0.5) is 0 Å². The van der Waals surface area contributed by atoms with Crippen molar-refractivity contribution in [3.8, 4) is 0 Å². The maximum Gasteiger partial charge on any atom is 0.252 e. The predicted octanol–water partition coefficient (Wildman–Crippen LogP) is 2.81. The molecule has 7 heteroatoms. The van der Waals surface area contributed by atoms with Crippen LogP contribution in [0.15, 0.2) is 30.3 Å². The van der Waals surface area contributed by atoms with Crippen molar-refractivity contribution in [2.75, 3.05) is 0 Å². The highest BCUT2D eigenvalue weighted by atomic mass is 35.5. The van der Waals surface area contributed by atoms with Crippen LogP contribution >= 0.6 is 11.6 Å². The van der Waals surface area contributed by atoms with Crippen LogP contribution in [0.2, 0.25) is 5.02 Å². The van der Waals surface area contributed by atoms with Crippen LogP contribution in [0, 0.1) is 13.8 Å². The lowest BCUT2D eigenvalue weighted by atomic mass is 10.1. The molecule has 0 spiro atoms. The van der Waals surface area contributed by atoms with Crippen molar-refractivity contribution in [1.29, 1.82) is 0 Å². The maximum atomic E-state index is 12.2. The van der Waals surface area contributed by atoms with Gasteiger partial charge in [-0.05, 0) is 44.5 Å². The van der Waals surface area contributed by atoms with Gasteiger partial charge in [0.1, 0.15) is 0 Å². The zero-order valence-corrected chi connectivity index (χ0v) is 14.5. The highest BCUT2D eigenvalue weighted by molar-refractivity contribution is 6.30. The number of hydrogen-bond acceptors (Lipinski definition) is 4. The first-order valence-corrected chi connectivity index (χ1v) is 8.05. The first kappa shape index (κ1) is 16.4. The molecule has 2 aromatic heterocycles. The molecule has 0 bridgehead atoms. The summed E-state index contributed by atoms with van der Waals surface area (Å²) in [5, 5.41) is 7.96. The van der Waals surface area contributed by atoms with Gasteiger partial charge in [0, 0.05) is 16.4 Å². The molecule has 1 amide bonds. The largest absolute Gasteiger partial charge is 0.349 e.